The molecule has 0 aliphatic carbocycles. The number of anilines is 1. The quantitative estimate of drug-likeness (QED) is 0.670. The molecule has 0 saturated heterocycles. The molecule has 19 heavy (non-hydrogen) atoms. The largest absolute Gasteiger partial charge is 0.399 e. The normalized spacial score (nSPS) is 10.5. The van der Waals surface area contributed by atoms with Crippen LogP contribution in [0.1, 0.15) is 32.6 Å². The molecule has 2 nitrogen and oxygen atoms in total. The Morgan fingerprint density at radius 3 is 2.16 bits per heavy atom. The molecule has 2 rings (SSSR count). The number of nitrogens with two attached hydrogens (primary N) is 1. The molecule has 0 radical (unpaired) electrons. The molecule has 0 bridgehead atoms. The molecular formula is C17H19NO. The zero-order valence-corrected chi connectivity index (χ0v) is 11.7. The van der Waals surface area contributed by atoms with E-state index in [1.165, 1.54) is 5.56 Å². The van der Waals surface area contributed by atoms with Crippen molar-refractivity contribution in [3.8, 4) is 0 Å². The van der Waals surface area contributed by atoms with E-state index in [0.717, 1.165) is 27.9 Å². The van der Waals surface area contributed by atoms with Crippen molar-refractivity contribution in [3.05, 3.63) is 64.2 Å². The van der Waals surface area contributed by atoms with Gasteiger partial charge in [-0.15, -0.1) is 0 Å². The molecule has 2 aromatic carbocycles. The molecule has 0 unspecified atom stereocenters. The summed E-state index contributed by atoms with van der Waals surface area (Å²) in [6, 6.07) is 11.5. The maximum atomic E-state index is 12.4. The summed E-state index contributed by atoms with van der Waals surface area (Å²) in [5.41, 5.74) is 11.6. The summed E-state index contributed by atoms with van der Waals surface area (Å²) in [6.45, 7) is 6.09. The topological polar surface area (TPSA) is 43.1 Å². The standard InChI is InChI=1S/C17H19NO/c1-11-8-13(3)16(9-12(11)2)17(19)10-14-4-6-15(18)7-5-14/h4-9H,10,18H2,1-3H3. The van der Waals surface area contributed by atoms with Crippen molar-refractivity contribution in [2.45, 2.75) is 27.2 Å². The highest BCUT2D eigenvalue weighted by atomic mass is 16.1. The SMILES string of the molecule is Cc1cc(C)c(C(=O)Cc2ccc(N)cc2)cc1C. The smallest absolute Gasteiger partial charge is 0.167 e. The van der Waals surface area contributed by atoms with E-state index in [4.69, 9.17) is 5.73 Å². The van der Waals surface area contributed by atoms with E-state index >= 15 is 0 Å². The fourth-order valence-electron chi connectivity index (χ4n) is 2.18. The third-order valence-corrected chi connectivity index (χ3v) is 3.49. The average Bonchev–Trinajstić information content (AvgIpc) is 2.36. The number of aryl methyl sites for hydroxylation is 3. The fraction of sp³-hybridized carbons (Fsp3) is 0.235. The zero-order chi connectivity index (χ0) is 14.0. The number of carbonyl (C=O) groups is 1. The van der Waals surface area contributed by atoms with Crippen LogP contribution in [0.25, 0.3) is 0 Å². The van der Waals surface area contributed by atoms with E-state index in [9.17, 15) is 4.79 Å². The summed E-state index contributed by atoms with van der Waals surface area (Å²) in [5, 5.41) is 0. The lowest BCUT2D eigenvalue weighted by molar-refractivity contribution is 0.0992. The van der Waals surface area contributed by atoms with Crippen molar-refractivity contribution in [1.82, 2.24) is 0 Å². The van der Waals surface area contributed by atoms with Gasteiger partial charge in [-0.05, 0) is 61.2 Å². The Hall–Kier alpha value is -2.09. The van der Waals surface area contributed by atoms with Gasteiger partial charge < -0.3 is 5.73 Å². The van der Waals surface area contributed by atoms with Gasteiger partial charge >= 0.3 is 0 Å². The van der Waals surface area contributed by atoms with Gasteiger partial charge in [0.05, 0.1) is 0 Å². The van der Waals surface area contributed by atoms with E-state index < -0.39 is 0 Å². The molecule has 0 heterocycles. The second-order valence-electron chi connectivity index (χ2n) is 5.09. The Morgan fingerprint density at radius 1 is 0.947 bits per heavy atom. The minimum absolute atomic E-state index is 0.158. The van der Waals surface area contributed by atoms with Gasteiger partial charge in [0.1, 0.15) is 0 Å². The highest BCUT2D eigenvalue weighted by molar-refractivity contribution is 5.99. The van der Waals surface area contributed by atoms with Gasteiger partial charge in [-0.2, -0.15) is 0 Å². The van der Waals surface area contributed by atoms with E-state index in [1.54, 1.807) is 0 Å². The van der Waals surface area contributed by atoms with Crippen LogP contribution in [0.5, 0.6) is 0 Å². The summed E-state index contributed by atoms with van der Waals surface area (Å²) in [7, 11) is 0. The molecule has 98 valence electrons. The fourth-order valence-corrected chi connectivity index (χ4v) is 2.18. The zero-order valence-electron chi connectivity index (χ0n) is 11.7. The molecule has 0 spiro atoms. The van der Waals surface area contributed by atoms with Gasteiger partial charge in [0.15, 0.2) is 5.78 Å². The Kier molecular flexibility index (Phi) is 3.70. The summed E-state index contributed by atoms with van der Waals surface area (Å²) in [6.07, 6.45) is 0.420. The lowest BCUT2D eigenvalue weighted by Crippen LogP contribution is -2.07. The average molecular weight is 253 g/mol. The molecule has 2 N–H and O–H groups in total. The van der Waals surface area contributed by atoms with Crippen LogP contribution in [0, 0.1) is 20.8 Å². The third-order valence-electron chi connectivity index (χ3n) is 3.49. The van der Waals surface area contributed by atoms with Crippen LogP contribution in [0.4, 0.5) is 5.69 Å². The van der Waals surface area contributed by atoms with Crippen molar-refractivity contribution in [2.24, 2.45) is 0 Å². The van der Waals surface area contributed by atoms with Crippen LogP contribution in [-0.4, -0.2) is 5.78 Å². The molecular weight excluding hydrogens is 234 g/mol. The molecule has 2 heteroatoms. The molecule has 0 amide bonds. The number of carbonyl (C=O) groups excluding carboxylic acids is 1. The first-order valence-electron chi connectivity index (χ1n) is 6.43. The Morgan fingerprint density at radius 2 is 1.53 bits per heavy atom. The van der Waals surface area contributed by atoms with Gasteiger partial charge in [-0.3, -0.25) is 4.79 Å². The van der Waals surface area contributed by atoms with Crippen molar-refractivity contribution < 1.29 is 4.79 Å². The first-order chi connectivity index (χ1) is 8.97. The molecule has 0 fully saturated rings. The van der Waals surface area contributed by atoms with Crippen molar-refractivity contribution in [1.29, 1.82) is 0 Å². The Balaban J connectivity index is 2.25. The summed E-state index contributed by atoms with van der Waals surface area (Å²) in [5.74, 6) is 0.158. The monoisotopic (exact) mass is 253 g/mol. The van der Waals surface area contributed by atoms with Gasteiger partial charge in [-0.1, -0.05) is 18.2 Å². The van der Waals surface area contributed by atoms with Crippen molar-refractivity contribution >= 4 is 11.5 Å². The van der Waals surface area contributed by atoms with Crippen molar-refractivity contribution in [2.75, 3.05) is 5.73 Å². The van der Waals surface area contributed by atoms with Crippen LogP contribution in [0.2, 0.25) is 0 Å². The highest BCUT2D eigenvalue weighted by Crippen LogP contribution is 2.18. The van der Waals surface area contributed by atoms with E-state index in [0.29, 0.717) is 6.42 Å². The van der Waals surface area contributed by atoms with Crippen LogP contribution in [-0.2, 0) is 6.42 Å². The van der Waals surface area contributed by atoms with E-state index in [2.05, 4.69) is 13.0 Å². The number of ketones is 1. The van der Waals surface area contributed by atoms with Crippen LogP contribution in [0.15, 0.2) is 36.4 Å². The number of Topliss-reactive ketones (excluding diaryl/α,β-unsaturated/α-hetero) is 1. The Bertz CT molecular complexity index is 612. The first kappa shape index (κ1) is 13.3. The Labute approximate surface area is 114 Å². The minimum atomic E-state index is 0.158. The predicted molar refractivity (Wildman–Crippen MR) is 79.5 cm³/mol. The highest BCUT2D eigenvalue weighted by Gasteiger charge is 2.11. The lowest BCUT2D eigenvalue weighted by Gasteiger charge is -2.09. The molecule has 0 saturated carbocycles. The molecule has 0 aliphatic heterocycles. The minimum Gasteiger partial charge on any atom is -0.399 e. The third kappa shape index (κ3) is 3.02. The van der Waals surface area contributed by atoms with E-state index in [1.807, 2.05) is 44.2 Å². The van der Waals surface area contributed by atoms with Gasteiger partial charge in [0.25, 0.3) is 0 Å². The van der Waals surface area contributed by atoms with Gasteiger partial charge in [0, 0.05) is 17.7 Å². The van der Waals surface area contributed by atoms with Gasteiger partial charge in [0.2, 0.25) is 0 Å². The number of nitrogen functional groups attached to an aromatic ring is 1. The van der Waals surface area contributed by atoms with E-state index in [-0.39, 0.29) is 5.78 Å². The number of hydrogen-bond acceptors (Lipinski definition) is 2. The van der Waals surface area contributed by atoms with Crippen LogP contribution in [0.3, 0.4) is 0 Å². The number of hydrogen-bond donors (Lipinski definition) is 1. The predicted octanol–water partition coefficient (Wildman–Crippen LogP) is 3.62. The maximum absolute atomic E-state index is 12.4. The molecule has 0 aliphatic rings. The molecule has 2 aromatic rings. The second kappa shape index (κ2) is 5.27. The van der Waals surface area contributed by atoms with Crippen LogP contribution < -0.4 is 5.73 Å². The summed E-state index contributed by atoms with van der Waals surface area (Å²) < 4.78 is 0. The molecule has 0 atom stereocenters. The molecule has 0 aromatic heterocycles. The second-order valence-corrected chi connectivity index (χ2v) is 5.09. The summed E-state index contributed by atoms with van der Waals surface area (Å²) in [4.78, 5) is 12.4. The number of benzene rings is 2. The first-order valence-corrected chi connectivity index (χ1v) is 6.43. The van der Waals surface area contributed by atoms with Crippen LogP contribution >= 0.6 is 0 Å². The number of rotatable bonds is 3. The lowest BCUT2D eigenvalue weighted by atomic mass is 9.95. The summed E-state index contributed by atoms with van der Waals surface area (Å²) >= 11 is 0. The maximum Gasteiger partial charge on any atom is 0.167 e. The van der Waals surface area contributed by atoms with Crippen molar-refractivity contribution in [3.63, 3.8) is 0 Å². The van der Waals surface area contributed by atoms with Gasteiger partial charge in [-0.25, -0.2) is 0 Å².